The van der Waals surface area contributed by atoms with Gasteiger partial charge in [0.1, 0.15) is 5.75 Å². The normalized spacial score (nSPS) is 10.1. The molecule has 0 aliphatic rings. The number of carbonyl (C=O) groups excluding carboxylic acids is 1. The predicted octanol–water partition coefficient (Wildman–Crippen LogP) is 3.14. The minimum absolute atomic E-state index is 0.0797. The van der Waals surface area contributed by atoms with Gasteiger partial charge in [-0.2, -0.15) is 0 Å². The molecule has 4 nitrogen and oxygen atoms in total. The van der Waals surface area contributed by atoms with E-state index in [4.69, 9.17) is 16.3 Å². The van der Waals surface area contributed by atoms with Crippen molar-refractivity contribution in [3.8, 4) is 5.75 Å². The summed E-state index contributed by atoms with van der Waals surface area (Å²) in [6, 6.07) is 6.04. The average Bonchev–Trinajstić information content (AvgIpc) is 2.41. The third-order valence-corrected chi connectivity index (χ3v) is 2.74. The zero-order valence-corrected chi connectivity index (χ0v) is 10.7. The minimum Gasteiger partial charge on any atom is -0.495 e. The molecule has 0 unspecified atom stereocenters. The van der Waals surface area contributed by atoms with Crippen LogP contribution in [0.2, 0.25) is 5.02 Å². The number of amides is 1. The zero-order chi connectivity index (χ0) is 13.8. The fourth-order valence-electron chi connectivity index (χ4n) is 1.50. The van der Waals surface area contributed by atoms with Gasteiger partial charge in [-0.25, -0.2) is 4.39 Å². The molecule has 1 aromatic carbocycles. The van der Waals surface area contributed by atoms with Gasteiger partial charge in [-0.1, -0.05) is 11.6 Å². The maximum Gasteiger partial charge on any atom is 0.258 e. The van der Waals surface area contributed by atoms with Gasteiger partial charge in [-0.3, -0.25) is 9.78 Å². The molecule has 0 aliphatic heterocycles. The van der Waals surface area contributed by atoms with Crippen LogP contribution in [0.15, 0.2) is 36.7 Å². The van der Waals surface area contributed by atoms with Crippen LogP contribution < -0.4 is 10.1 Å². The summed E-state index contributed by atoms with van der Waals surface area (Å²) >= 11 is 5.87. The lowest BCUT2D eigenvalue weighted by Gasteiger charge is -2.08. The molecule has 0 saturated heterocycles. The summed E-state index contributed by atoms with van der Waals surface area (Å²) in [5, 5.41) is 2.98. The second kappa shape index (κ2) is 5.67. The first kappa shape index (κ1) is 13.3. The Bertz CT molecular complexity index is 619. The number of pyridine rings is 1. The maximum absolute atomic E-state index is 13.4. The fraction of sp³-hybridized carbons (Fsp3) is 0.0769. The largest absolute Gasteiger partial charge is 0.495 e. The van der Waals surface area contributed by atoms with E-state index in [1.165, 1.54) is 19.4 Å². The number of hydrogen-bond acceptors (Lipinski definition) is 3. The number of methoxy groups -OCH3 is 1. The summed E-state index contributed by atoms with van der Waals surface area (Å²) in [4.78, 5) is 15.4. The standard InChI is InChI=1S/C13H10ClFN2O2/c1-19-12-6-8(2-3-10(12)14)17-13(18)9-4-5-16-7-11(9)15/h2-7H,1H3,(H,17,18). The van der Waals surface area contributed by atoms with Crippen molar-refractivity contribution in [1.29, 1.82) is 0 Å². The summed E-state index contributed by atoms with van der Waals surface area (Å²) in [5.74, 6) is -0.820. The number of anilines is 1. The first-order chi connectivity index (χ1) is 9.11. The summed E-state index contributed by atoms with van der Waals surface area (Å²) in [6.45, 7) is 0. The Morgan fingerprint density at radius 3 is 2.89 bits per heavy atom. The van der Waals surface area contributed by atoms with E-state index in [0.717, 1.165) is 6.20 Å². The molecule has 0 saturated carbocycles. The first-order valence-corrected chi connectivity index (χ1v) is 5.74. The topological polar surface area (TPSA) is 51.2 Å². The van der Waals surface area contributed by atoms with E-state index in [1.54, 1.807) is 18.2 Å². The Morgan fingerprint density at radius 2 is 2.21 bits per heavy atom. The number of nitrogens with zero attached hydrogens (tertiary/aromatic N) is 1. The molecule has 0 atom stereocenters. The van der Waals surface area contributed by atoms with Gasteiger partial charge in [-0.15, -0.1) is 0 Å². The molecule has 0 fully saturated rings. The molecule has 0 spiro atoms. The van der Waals surface area contributed by atoms with Crippen molar-refractivity contribution in [2.24, 2.45) is 0 Å². The molecule has 19 heavy (non-hydrogen) atoms. The molecule has 0 aliphatic carbocycles. The fourth-order valence-corrected chi connectivity index (χ4v) is 1.69. The Hall–Kier alpha value is -2.14. The van der Waals surface area contributed by atoms with Crippen molar-refractivity contribution in [2.75, 3.05) is 12.4 Å². The highest BCUT2D eigenvalue weighted by Crippen LogP contribution is 2.27. The second-order valence-electron chi connectivity index (χ2n) is 3.66. The van der Waals surface area contributed by atoms with Crippen LogP contribution in [0.1, 0.15) is 10.4 Å². The number of carbonyl (C=O) groups is 1. The van der Waals surface area contributed by atoms with Crippen LogP contribution in [0.3, 0.4) is 0 Å². The molecular formula is C13H10ClFN2O2. The minimum atomic E-state index is -0.680. The Kier molecular flexibility index (Phi) is 3.97. The second-order valence-corrected chi connectivity index (χ2v) is 4.07. The van der Waals surface area contributed by atoms with Gasteiger partial charge >= 0.3 is 0 Å². The Morgan fingerprint density at radius 1 is 1.42 bits per heavy atom. The van der Waals surface area contributed by atoms with E-state index in [9.17, 15) is 9.18 Å². The highest BCUT2D eigenvalue weighted by molar-refractivity contribution is 6.32. The highest BCUT2D eigenvalue weighted by atomic mass is 35.5. The summed E-state index contributed by atoms with van der Waals surface area (Å²) < 4.78 is 18.4. The van der Waals surface area contributed by atoms with Crippen LogP contribution in [-0.2, 0) is 0 Å². The summed E-state index contributed by atoms with van der Waals surface area (Å²) in [7, 11) is 1.47. The van der Waals surface area contributed by atoms with E-state index in [0.29, 0.717) is 16.5 Å². The number of rotatable bonds is 3. The van der Waals surface area contributed by atoms with E-state index < -0.39 is 11.7 Å². The van der Waals surface area contributed by atoms with Crippen molar-refractivity contribution < 1.29 is 13.9 Å². The Balaban J connectivity index is 2.22. The summed E-state index contributed by atoms with van der Waals surface area (Å²) in [6.07, 6.45) is 2.33. The van der Waals surface area contributed by atoms with Crippen molar-refractivity contribution in [3.63, 3.8) is 0 Å². The highest BCUT2D eigenvalue weighted by Gasteiger charge is 2.12. The summed E-state index contributed by atoms with van der Waals surface area (Å²) in [5.41, 5.74) is 0.381. The number of aromatic nitrogens is 1. The van der Waals surface area contributed by atoms with Gasteiger partial charge in [0.2, 0.25) is 0 Å². The number of hydrogen-bond donors (Lipinski definition) is 1. The van der Waals surface area contributed by atoms with Crippen LogP contribution in [0, 0.1) is 5.82 Å². The molecule has 1 heterocycles. The molecule has 2 rings (SSSR count). The zero-order valence-electron chi connectivity index (χ0n) is 9.98. The average molecular weight is 281 g/mol. The van der Waals surface area contributed by atoms with Crippen LogP contribution in [0.25, 0.3) is 0 Å². The van der Waals surface area contributed by atoms with Gasteiger partial charge in [0.25, 0.3) is 5.91 Å². The van der Waals surface area contributed by atoms with Gasteiger partial charge in [-0.05, 0) is 18.2 Å². The number of nitrogens with one attached hydrogen (secondary N) is 1. The molecule has 1 aromatic heterocycles. The van der Waals surface area contributed by atoms with Crippen LogP contribution in [-0.4, -0.2) is 18.0 Å². The van der Waals surface area contributed by atoms with Crippen LogP contribution in [0.5, 0.6) is 5.75 Å². The van der Waals surface area contributed by atoms with E-state index in [-0.39, 0.29) is 5.56 Å². The molecule has 2 aromatic rings. The van der Waals surface area contributed by atoms with E-state index in [2.05, 4.69) is 10.3 Å². The van der Waals surface area contributed by atoms with Gasteiger partial charge < -0.3 is 10.1 Å². The van der Waals surface area contributed by atoms with Crippen molar-refractivity contribution in [2.45, 2.75) is 0 Å². The lowest BCUT2D eigenvalue weighted by Crippen LogP contribution is -2.13. The molecular weight excluding hydrogens is 271 g/mol. The van der Waals surface area contributed by atoms with E-state index >= 15 is 0 Å². The van der Waals surface area contributed by atoms with Gasteiger partial charge in [0.05, 0.1) is 23.9 Å². The lowest BCUT2D eigenvalue weighted by molar-refractivity contribution is 0.102. The molecule has 1 N–H and O–H groups in total. The molecule has 1 amide bonds. The lowest BCUT2D eigenvalue weighted by atomic mass is 10.2. The molecule has 0 bridgehead atoms. The Labute approximate surface area is 114 Å². The van der Waals surface area contributed by atoms with Gasteiger partial charge in [0, 0.05) is 18.0 Å². The number of benzene rings is 1. The number of halogens is 2. The van der Waals surface area contributed by atoms with Crippen LogP contribution in [0.4, 0.5) is 10.1 Å². The van der Waals surface area contributed by atoms with Crippen molar-refractivity contribution >= 4 is 23.2 Å². The first-order valence-electron chi connectivity index (χ1n) is 5.36. The quantitative estimate of drug-likeness (QED) is 0.940. The predicted molar refractivity (Wildman–Crippen MR) is 70.2 cm³/mol. The van der Waals surface area contributed by atoms with Gasteiger partial charge in [0.15, 0.2) is 5.82 Å². The SMILES string of the molecule is COc1cc(NC(=O)c2ccncc2F)ccc1Cl. The van der Waals surface area contributed by atoms with E-state index in [1.807, 2.05) is 0 Å². The third-order valence-electron chi connectivity index (χ3n) is 2.43. The van der Waals surface area contributed by atoms with Crippen LogP contribution >= 0.6 is 11.6 Å². The number of ether oxygens (including phenoxy) is 1. The monoisotopic (exact) mass is 280 g/mol. The third kappa shape index (κ3) is 3.00. The molecule has 98 valence electrons. The van der Waals surface area contributed by atoms with Crippen molar-refractivity contribution in [3.05, 3.63) is 53.1 Å². The molecule has 0 radical (unpaired) electrons. The smallest absolute Gasteiger partial charge is 0.258 e. The van der Waals surface area contributed by atoms with Crippen molar-refractivity contribution in [1.82, 2.24) is 4.98 Å². The maximum atomic E-state index is 13.4. The molecule has 6 heteroatoms.